The van der Waals surface area contributed by atoms with Crippen molar-refractivity contribution in [3.8, 4) is 12.8 Å². The summed E-state index contributed by atoms with van der Waals surface area (Å²) in [7, 11) is 0. The van der Waals surface area contributed by atoms with E-state index >= 15 is 0 Å². The van der Waals surface area contributed by atoms with Gasteiger partial charge in [0.05, 0.1) is 29.1 Å². The minimum Gasteiger partial charge on any atom is -0.383 e. The predicted molar refractivity (Wildman–Crippen MR) is 122 cm³/mol. The fourth-order valence-corrected chi connectivity index (χ4v) is 3.28. The summed E-state index contributed by atoms with van der Waals surface area (Å²) >= 11 is 5.76. The zero-order valence-electron chi connectivity index (χ0n) is 17.2. The van der Waals surface area contributed by atoms with Crippen LogP contribution in [-0.4, -0.2) is 37.0 Å². The first kappa shape index (κ1) is 24.1. The fraction of sp³-hybridized carbons (Fsp3) is 0.318. The number of aromatic nitrogens is 1. The normalized spacial score (nSPS) is 16.3. The molecule has 9 heteroatoms. The van der Waals surface area contributed by atoms with Crippen molar-refractivity contribution in [2.45, 2.75) is 25.8 Å². The lowest BCUT2D eigenvalue weighted by Gasteiger charge is -2.22. The molecule has 164 valence electrons. The van der Waals surface area contributed by atoms with Gasteiger partial charge in [0.25, 0.3) is 0 Å². The monoisotopic (exact) mass is 445 g/mol. The molecule has 0 saturated heterocycles. The van der Waals surface area contributed by atoms with Crippen molar-refractivity contribution >= 4 is 35.4 Å². The summed E-state index contributed by atoms with van der Waals surface area (Å²) in [5.74, 6) is -0.210. The highest BCUT2D eigenvalue weighted by Crippen LogP contribution is 2.25. The van der Waals surface area contributed by atoms with Crippen LogP contribution in [0.3, 0.4) is 0 Å². The van der Waals surface area contributed by atoms with Crippen LogP contribution >= 0.6 is 11.6 Å². The Morgan fingerprint density at radius 2 is 2.19 bits per heavy atom. The maximum atomic E-state index is 13.9. The highest BCUT2D eigenvalue weighted by molar-refractivity contribution is 6.30. The SMILES string of the molecule is C#C.CCNc1c(C=N)cc2nc1CCCOC[C@H](c1ccc(Cl)c(F)c1)NC(=O)N2. The molecule has 0 spiro atoms. The van der Waals surface area contributed by atoms with Gasteiger partial charge in [-0.2, -0.15) is 0 Å². The number of benzene rings is 1. The van der Waals surface area contributed by atoms with Crippen LogP contribution in [0.25, 0.3) is 0 Å². The average molecular weight is 446 g/mol. The van der Waals surface area contributed by atoms with E-state index in [-0.39, 0.29) is 11.6 Å². The highest BCUT2D eigenvalue weighted by atomic mass is 35.5. The van der Waals surface area contributed by atoms with E-state index in [1.165, 1.54) is 18.3 Å². The van der Waals surface area contributed by atoms with E-state index < -0.39 is 17.9 Å². The van der Waals surface area contributed by atoms with Gasteiger partial charge in [-0.05, 0) is 43.5 Å². The van der Waals surface area contributed by atoms with E-state index in [1.807, 2.05) is 6.92 Å². The molecule has 31 heavy (non-hydrogen) atoms. The smallest absolute Gasteiger partial charge is 0.320 e. The van der Waals surface area contributed by atoms with Gasteiger partial charge >= 0.3 is 6.03 Å². The Morgan fingerprint density at radius 3 is 2.87 bits per heavy atom. The number of pyridine rings is 1. The molecule has 3 rings (SSSR count). The van der Waals surface area contributed by atoms with Gasteiger partial charge in [0.15, 0.2) is 0 Å². The number of rotatable bonds is 4. The topological polar surface area (TPSA) is 99.1 Å². The van der Waals surface area contributed by atoms with Crippen LogP contribution in [0.1, 0.15) is 36.2 Å². The molecule has 1 aromatic heterocycles. The van der Waals surface area contributed by atoms with Gasteiger partial charge in [-0.15, -0.1) is 12.8 Å². The number of amides is 2. The zero-order valence-corrected chi connectivity index (χ0v) is 17.9. The number of carbonyl (C=O) groups is 1. The van der Waals surface area contributed by atoms with Crippen LogP contribution in [0.5, 0.6) is 0 Å². The van der Waals surface area contributed by atoms with Gasteiger partial charge in [-0.1, -0.05) is 17.7 Å². The molecular formula is C22H25ClFN5O2. The molecule has 0 aliphatic carbocycles. The molecule has 1 aliphatic heterocycles. The van der Waals surface area contributed by atoms with E-state index in [4.69, 9.17) is 21.7 Å². The number of carbonyl (C=O) groups excluding carboxylic acids is 1. The van der Waals surface area contributed by atoms with Crippen molar-refractivity contribution < 1.29 is 13.9 Å². The molecule has 1 atom stereocenters. The first-order chi connectivity index (χ1) is 15.0. The van der Waals surface area contributed by atoms with Crippen molar-refractivity contribution in [3.63, 3.8) is 0 Å². The zero-order chi connectivity index (χ0) is 22.8. The van der Waals surface area contributed by atoms with E-state index in [9.17, 15) is 9.18 Å². The highest BCUT2D eigenvalue weighted by Gasteiger charge is 2.19. The molecule has 1 aliphatic rings. The van der Waals surface area contributed by atoms with Gasteiger partial charge in [0.1, 0.15) is 11.6 Å². The fourth-order valence-electron chi connectivity index (χ4n) is 3.16. The van der Waals surface area contributed by atoms with Gasteiger partial charge in [-0.3, -0.25) is 5.32 Å². The van der Waals surface area contributed by atoms with Gasteiger partial charge in [0.2, 0.25) is 0 Å². The average Bonchev–Trinajstić information content (AvgIpc) is 2.76. The predicted octanol–water partition coefficient (Wildman–Crippen LogP) is 4.38. The van der Waals surface area contributed by atoms with E-state index in [1.54, 1.807) is 12.1 Å². The van der Waals surface area contributed by atoms with Gasteiger partial charge < -0.3 is 20.8 Å². The summed E-state index contributed by atoms with van der Waals surface area (Å²) in [4.78, 5) is 17.1. The summed E-state index contributed by atoms with van der Waals surface area (Å²) in [5.41, 5.74) is 2.75. The number of ether oxygens (including phenoxy) is 1. The summed E-state index contributed by atoms with van der Waals surface area (Å²) < 4.78 is 19.6. The van der Waals surface area contributed by atoms with Crippen LogP contribution in [0.2, 0.25) is 5.02 Å². The van der Waals surface area contributed by atoms with Crippen molar-refractivity contribution in [1.29, 1.82) is 5.41 Å². The van der Waals surface area contributed by atoms with Crippen molar-refractivity contribution in [2.24, 2.45) is 0 Å². The third-order valence-corrected chi connectivity index (χ3v) is 4.82. The Morgan fingerprint density at radius 1 is 1.42 bits per heavy atom. The summed E-state index contributed by atoms with van der Waals surface area (Å²) in [5, 5.41) is 16.4. The van der Waals surface area contributed by atoms with Crippen LogP contribution in [0.15, 0.2) is 24.3 Å². The molecular weight excluding hydrogens is 421 g/mol. The number of anilines is 2. The molecule has 4 N–H and O–H groups in total. The molecule has 2 aromatic rings. The van der Waals surface area contributed by atoms with Crippen molar-refractivity contribution in [1.82, 2.24) is 10.3 Å². The second-order valence-corrected chi connectivity index (χ2v) is 7.00. The van der Waals surface area contributed by atoms with Crippen molar-refractivity contribution in [2.75, 3.05) is 30.4 Å². The maximum Gasteiger partial charge on any atom is 0.320 e. The first-order valence-electron chi connectivity index (χ1n) is 9.73. The lowest BCUT2D eigenvalue weighted by atomic mass is 10.1. The largest absolute Gasteiger partial charge is 0.383 e. The molecule has 0 saturated carbocycles. The molecule has 0 unspecified atom stereocenters. The summed E-state index contributed by atoms with van der Waals surface area (Å²) in [6, 6.07) is 4.99. The number of fused-ring (bicyclic) bond motifs is 2. The summed E-state index contributed by atoms with van der Waals surface area (Å²) in [6.07, 6.45) is 10.6. The lowest BCUT2D eigenvalue weighted by Crippen LogP contribution is -2.35. The van der Waals surface area contributed by atoms with Crippen LogP contribution < -0.4 is 16.0 Å². The first-order valence-corrected chi connectivity index (χ1v) is 10.1. The Balaban J connectivity index is 0.00000166. The summed E-state index contributed by atoms with van der Waals surface area (Å²) in [6.45, 7) is 3.31. The molecule has 1 aromatic carbocycles. The molecule has 2 amide bonds. The standard InChI is InChI=1S/C20H23ClFN5O2.C2H2/c1-2-24-19-13(10-23)9-18-25-16(19)4-3-7-29-11-17(26-20(28)27-18)12-5-6-14(21)15(22)8-12;1-2/h5-6,8-10,17,23-24H,2-4,7,11H2,1H3,(H2,25,26,27,28);1-2H/t17-;/m1./s1. The minimum absolute atomic E-state index is 0.0176. The number of urea groups is 1. The van der Waals surface area contributed by atoms with Crippen LogP contribution in [0.4, 0.5) is 20.7 Å². The third kappa shape index (κ3) is 6.41. The number of hydrogen-bond donors (Lipinski definition) is 4. The third-order valence-electron chi connectivity index (χ3n) is 4.51. The maximum absolute atomic E-state index is 13.9. The Labute approximate surface area is 186 Å². The number of aryl methyl sites for hydroxylation is 1. The lowest BCUT2D eigenvalue weighted by molar-refractivity contribution is 0.111. The van der Waals surface area contributed by atoms with Gasteiger partial charge in [0, 0.05) is 24.9 Å². The molecule has 2 bridgehead atoms. The Hall–Kier alpha value is -3.15. The van der Waals surface area contributed by atoms with Gasteiger partial charge in [-0.25, -0.2) is 14.2 Å². The molecule has 0 radical (unpaired) electrons. The second-order valence-electron chi connectivity index (χ2n) is 6.60. The number of nitrogens with one attached hydrogen (secondary N) is 4. The van der Waals surface area contributed by atoms with Crippen LogP contribution in [-0.2, 0) is 11.2 Å². The van der Waals surface area contributed by atoms with E-state index in [0.717, 1.165) is 11.4 Å². The number of hydrogen-bond acceptors (Lipinski definition) is 5. The molecule has 0 fully saturated rings. The van der Waals surface area contributed by atoms with E-state index in [2.05, 4.69) is 33.8 Å². The van der Waals surface area contributed by atoms with Crippen molar-refractivity contribution in [3.05, 3.63) is 51.9 Å². The van der Waals surface area contributed by atoms with Crippen LogP contribution in [0, 0.1) is 24.1 Å². The Bertz CT molecular complexity index is 951. The number of nitrogens with zero attached hydrogens (tertiary/aromatic N) is 1. The Kier molecular flexibility index (Phi) is 9.25. The second kappa shape index (κ2) is 11.9. The minimum atomic E-state index is -0.557. The quantitative estimate of drug-likeness (QED) is 0.414. The number of halogens is 2. The van der Waals surface area contributed by atoms with E-state index in [0.29, 0.717) is 42.9 Å². The molecule has 7 nitrogen and oxygen atoms in total. The molecule has 2 heterocycles. The number of terminal acetylenes is 1.